The molecule has 0 aliphatic rings. The Labute approximate surface area is 103 Å². The molecule has 0 rings (SSSR count). The maximum absolute atomic E-state index is 12.0. The fraction of sp³-hybridized carbons (Fsp3) is 0.667. The molecule has 98 valence electrons. The molecule has 17 heavy (non-hydrogen) atoms. The minimum atomic E-state index is -1.27. The van der Waals surface area contributed by atoms with Gasteiger partial charge in [0.1, 0.15) is 0 Å². The third-order valence-electron chi connectivity index (χ3n) is 2.19. The Morgan fingerprint density at radius 3 is 2.35 bits per heavy atom. The van der Waals surface area contributed by atoms with Crippen LogP contribution in [0.15, 0.2) is 12.7 Å². The second kappa shape index (κ2) is 6.39. The van der Waals surface area contributed by atoms with Crippen molar-refractivity contribution >= 4 is 11.9 Å². The van der Waals surface area contributed by atoms with Crippen LogP contribution in [0.25, 0.3) is 0 Å². The normalized spacial score (nSPS) is 12.8. The molecule has 5 heteroatoms. The second-order valence-corrected chi connectivity index (χ2v) is 4.64. The van der Waals surface area contributed by atoms with Crippen molar-refractivity contribution in [3.05, 3.63) is 12.7 Å². The van der Waals surface area contributed by atoms with E-state index in [1.54, 1.807) is 13.0 Å². The Hall–Kier alpha value is -1.36. The van der Waals surface area contributed by atoms with Gasteiger partial charge in [-0.2, -0.15) is 0 Å². The average Bonchev–Trinajstić information content (AvgIpc) is 2.22. The second-order valence-electron chi connectivity index (χ2n) is 4.64. The van der Waals surface area contributed by atoms with Crippen LogP contribution in [-0.4, -0.2) is 41.5 Å². The van der Waals surface area contributed by atoms with Crippen LogP contribution in [0, 0.1) is 0 Å². The Kier molecular flexibility index (Phi) is 5.88. The molecule has 1 amide bonds. The Balaban J connectivity index is 4.84. The molecule has 0 spiro atoms. The van der Waals surface area contributed by atoms with Crippen LogP contribution in [0.5, 0.6) is 0 Å². The number of amides is 1. The van der Waals surface area contributed by atoms with Gasteiger partial charge < -0.3 is 15.4 Å². The zero-order valence-electron chi connectivity index (χ0n) is 11.0. The van der Waals surface area contributed by atoms with Crippen molar-refractivity contribution in [2.45, 2.75) is 39.3 Å². The lowest BCUT2D eigenvalue weighted by Gasteiger charge is -2.36. The summed E-state index contributed by atoms with van der Waals surface area (Å²) >= 11 is 0. The molecule has 0 saturated heterocycles. The number of esters is 1. The first-order valence-corrected chi connectivity index (χ1v) is 5.60. The molecule has 0 aromatic heterocycles. The zero-order valence-corrected chi connectivity index (χ0v) is 11.0. The summed E-state index contributed by atoms with van der Waals surface area (Å²) in [5.41, 5.74) is 5.15. The number of rotatable bonds is 5. The topological polar surface area (TPSA) is 72.6 Å². The van der Waals surface area contributed by atoms with Gasteiger partial charge in [0.2, 0.25) is 0 Å². The maximum Gasteiger partial charge on any atom is 0.332 e. The van der Waals surface area contributed by atoms with E-state index in [1.165, 1.54) is 4.90 Å². The molecule has 0 radical (unpaired) electrons. The summed E-state index contributed by atoms with van der Waals surface area (Å²) in [6.07, 6.45) is 1.60. The van der Waals surface area contributed by atoms with Gasteiger partial charge in [-0.25, -0.2) is 4.79 Å². The first-order chi connectivity index (χ1) is 7.75. The van der Waals surface area contributed by atoms with Crippen molar-refractivity contribution in [2.75, 3.05) is 13.2 Å². The Morgan fingerprint density at radius 2 is 2.00 bits per heavy atom. The molecule has 0 aromatic rings. The highest BCUT2D eigenvalue weighted by Crippen LogP contribution is 2.14. The molecule has 0 fully saturated rings. The van der Waals surface area contributed by atoms with Crippen molar-refractivity contribution in [3.63, 3.8) is 0 Å². The lowest BCUT2D eigenvalue weighted by Crippen LogP contribution is -2.55. The van der Waals surface area contributed by atoms with Crippen molar-refractivity contribution < 1.29 is 14.3 Å². The predicted molar refractivity (Wildman–Crippen MR) is 66.3 cm³/mol. The lowest BCUT2D eigenvalue weighted by molar-refractivity contribution is -0.152. The molecule has 0 aliphatic heterocycles. The minimum Gasteiger partial charge on any atom is -0.464 e. The summed E-state index contributed by atoms with van der Waals surface area (Å²) in [6, 6.07) is -1.27. The highest BCUT2D eigenvalue weighted by Gasteiger charge is 2.33. The molecular formula is C12H22N2O3. The van der Waals surface area contributed by atoms with Crippen LogP contribution in [0.1, 0.15) is 27.7 Å². The summed E-state index contributed by atoms with van der Waals surface area (Å²) in [5, 5.41) is 0. The van der Waals surface area contributed by atoms with Gasteiger partial charge in [0.15, 0.2) is 6.04 Å². The van der Waals surface area contributed by atoms with Crippen molar-refractivity contribution in [1.29, 1.82) is 0 Å². The van der Waals surface area contributed by atoms with Gasteiger partial charge in [0.25, 0.3) is 5.91 Å². The summed E-state index contributed by atoms with van der Waals surface area (Å²) < 4.78 is 4.73. The van der Waals surface area contributed by atoms with Crippen LogP contribution in [0.3, 0.4) is 0 Å². The van der Waals surface area contributed by atoms with Gasteiger partial charge in [0.05, 0.1) is 6.61 Å². The molecule has 0 aliphatic carbocycles. The van der Waals surface area contributed by atoms with Gasteiger partial charge in [-0.15, -0.1) is 6.58 Å². The van der Waals surface area contributed by atoms with Gasteiger partial charge in [-0.05, 0) is 27.7 Å². The van der Waals surface area contributed by atoms with Crippen molar-refractivity contribution in [2.24, 2.45) is 5.73 Å². The van der Waals surface area contributed by atoms with Gasteiger partial charge in [-0.3, -0.25) is 4.79 Å². The summed E-state index contributed by atoms with van der Waals surface area (Å²) in [5.74, 6) is -1.15. The zero-order chi connectivity index (χ0) is 13.6. The molecule has 2 N–H and O–H groups in total. The first-order valence-electron chi connectivity index (χ1n) is 5.60. The van der Waals surface area contributed by atoms with E-state index in [4.69, 9.17) is 10.5 Å². The van der Waals surface area contributed by atoms with Crippen molar-refractivity contribution in [3.8, 4) is 0 Å². The van der Waals surface area contributed by atoms with E-state index in [-0.39, 0.29) is 6.61 Å². The third-order valence-corrected chi connectivity index (χ3v) is 2.19. The lowest BCUT2D eigenvalue weighted by atomic mass is 10.0. The molecule has 1 atom stereocenters. The molecule has 1 unspecified atom stereocenters. The monoisotopic (exact) mass is 242 g/mol. The number of hydrogen-bond donors (Lipinski definition) is 1. The van der Waals surface area contributed by atoms with Crippen LogP contribution in [0.2, 0.25) is 0 Å². The largest absolute Gasteiger partial charge is 0.464 e. The maximum atomic E-state index is 12.0. The SMILES string of the molecule is C=CCN(C(=O)C(N)C(=O)OCC)C(C)(C)C. The van der Waals surface area contributed by atoms with E-state index in [0.29, 0.717) is 6.54 Å². The van der Waals surface area contributed by atoms with Gasteiger partial charge in [-0.1, -0.05) is 6.08 Å². The molecule has 0 saturated carbocycles. The van der Waals surface area contributed by atoms with Crippen LogP contribution in [0.4, 0.5) is 0 Å². The van der Waals surface area contributed by atoms with E-state index in [0.717, 1.165) is 0 Å². The van der Waals surface area contributed by atoms with Crippen LogP contribution < -0.4 is 5.73 Å². The van der Waals surface area contributed by atoms with Crippen LogP contribution in [-0.2, 0) is 14.3 Å². The van der Waals surface area contributed by atoms with E-state index in [2.05, 4.69) is 6.58 Å². The quantitative estimate of drug-likeness (QED) is 0.437. The molecule has 0 aromatic carbocycles. The minimum absolute atomic E-state index is 0.205. The van der Waals surface area contributed by atoms with Crippen LogP contribution >= 0.6 is 0 Å². The highest BCUT2D eigenvalue weighted by atomic mass is 16.5. The van der Waals surface area contributed by atoms with E-state index in [9.17, 15) is 9.59 Å². The van der Waals surface area contributed by atoms with Gasteiger partial charge >= 0.3 is 5.97 Å². The third kappa shape index (κ3) is 4.56. The number of nitrogens with two attached hydrogens (primary N) is 1. The fourth-order valence-electron chi connectivity index (χ4n) is 1.32. The standard InChI is InChI=1S/C12H22N2O3/c1-6-8-14(12(3,4)5)10(15)9(13)11(16)17-7-2/h6,9H,1,7-8,13H2,2-5H3. The summed E-state index contributed by atoms with van der Waals surface area (Å²) in [4.78, 5) is 24.9. The number of carbonyl (C=O) groups is 2. The fourth-order valence-corrected chi connectivity index (χ4v) is 1.32. The summed E-state index contributed by atoms with van der Waals surface area (Å²) in [6.45, 7) is 11.4. The van der Waals surface area contributed by atoms with E-state index < -0.39 is 23.5 Å². The Bertz CT molecular complexity index is 295. The number of hydrogen-bond acceptors (Lipinski definition) is 4. The number of nitrogens with zero attached hydrogens (tertiary/aromatic N) is 1. The molecule has 0 heterocycles. The smallest absolute Gasteiger partial charge is 0.332 e. The molecular weight excluding hydrogens is 220 g/mol. The highest BCUT2D eigenvalue weighted by molar-refractivity contribution is 6.02. The van der Waals surface area contributed by atoms with Crippen molar-refractivity contribution in [1.82, 2.24) is 4.90 Å². The summed E-state index contributed by atoms with van der Waals surface area (Å²) in [7, 11) is 0. The number of ether oxygens (including phenoxy) is 1. The first kappa shape index (κ1) is 15.6. The molecule has 0 bridgehead atoms. The predicted octanol–water partition coefficient (Wildman–Crippen LogP) is 0.690. The van der Waals surface area contributed by atoms with Gasteiger partial charge in [0, 0.05) is 12.1 Å². The number of carbonyl (C=O) groups excluding carboxylic acids is 2. The van der Waals surface area contributed by atoms with E-state index in [1.807, 2.05) is 20.8 Å². The molecule has 5 nitrogen and oxygen atoms in total. The van der Waals surface area contributed by atoms with E-state index >= 15 is 0 Å². The average molecular weight is 242 g/mol. The Morgan fingerprint density at radius 1 is 1.47 bits per heavy atom.